The Hall–Kier alpha value is 1.36. The Bertz CT molecular complexity index is 133. The molecule has 5 heteroatoms. The molecular weight excluding hydrogens is 223 g/mol. The van der Waals surface area contributed by atoms with Crippen LogP contribution >= 0.6 is 0 Å². The average Bonchev–Trinajstić information content (AvgIpc) is 2.00. The SMILES string of the molecule is F[CH]([K])CCCCCCCC(F)(F)F. The van der Waals surface area contributed by atoms with Gasteiger partial charge in [-0.3, -0.25) is 0 Å². The average molecular weight is 238 g/mol. The van der Waals surface area contributed by atoms with Gasteiger partial charge < -0.3 is 0 Å². The first kappa shape index (κ1) is 15.4. The van der Waals surface area contributed by atoms with E-state index in [-0.39, 0.29) is 55.4 Å². The summed E-state index contributed by atoms with van der Waals surface area (Å²) >= 11 is 0.239. The minimum absolute atomic E-state index is 0.215. The molecule has 0 aromatic carbocycles. The molecule has 0 rings (SSSR count). The summed E-state index contributed by atoms with van der Waals surface area (Å²) < 4.78 is 46.8. The summed E-state index contributed by atoms with van der Waals surface area (Å²) in [6, 6.07) is 0. The maximum absolute atomic E-state index is 12.4. The van der Waals surface area contributed by atoms with Gasteiger partial charge in [-0.1, -0.05) is 0 Å². The van der Waals surface area contributed by atoms with E-state index in [9.17, 15) is 17.6 Å². The Labute approximate surface area is 116 Å². The molecule has 0 spiro atoms. The van der Waals surface area contributed by atoms with Gasteiger partial charge in [0.25, 0.3) is 0 Å². The summed E-state index contributed by atoms with van der Waals surface area (Å²) in [6.07, 6.45) is -0.755. The summed E-state index contributed by atoms with van der Waals surface area (Å²) in [5.41, 5.74) is 0. The van der Waals surface area contributed by atoms with Gasteiger partial charge in [0.1, 0.15) is 0 Å². The number of halogens is 4. The molecule has 0 aromatic heterocycles. The van der Waals surface area contributed by atoms with E-state index < -0.39 is 12.9 Å². The first-order valence-corrected chi connectivity index (χ1v) is 6.93. The fourth-order valence-electron chi connectivity index (χ4n) is 1.28. The summed E-state index contributed by atoms with van der Waals surface area (Å²) in [6.45, 7) is 0. The van der Waals surface area contributed by atoms with Gasteiger partial charge in [0, 0.05) is 0 Å². The third-order valence-electron chi connectivity index (χ3n) is 2.06. The molecule has 0 fully saturated rings. The molecule has 0 aliphatic heterocycles. The number of alkyl halides is 4. The first-order chi connectivity index (χ1) is 6.42. The molecule has 0 radical (unpaired) electrons. The van der Waals surface area contributed by atoms with Crippen LogP contribution in [0.2, 0.25) is 0 Å². The normalized spacial score (nSPS) is 14.4. The molecule has 0 saturated carbocycles. The standard InChI is InChI=1S/C9H15F4.K/c10-8-6-4-2-1-3-5-7-9(11,12)13;/h8H,1-7H2;. The van der Waals surface area contributed by atoms with Crippen LogP contribution in [0.15, 0.2) is 0 Å². The maximum atomic E-state index is 12.4. The minimum atomic E-state index is -4.01. The molecule has 1 atom stereocenters. The van der Waals surface area contributed by atoms with Crippen LogP contribution in [0.4, 0.5) is 17.6 Å². The van der Waals surface area contributed by atoms with Crippen LogP contribution < -0.4 is 0 Å². The van der Waals surface area contributed by atoms with E-state index in [1.165, 1.54) is 0 Å². The monoisotopic (exact) mass is 238 g/mol. The van der Waals surface area contributed by atoms with Crippen LogP contribution in [-0.2, 0) is 0 Å². The molecule has 0 aliphatic rings. The van der Waals surface area contributed by atoms with Gasteiger partial charge in [-0.25, -0.2) is 0 Å². The molecule has 0 N–H and O–H groups in total. The van der Waals surface area contributed by atoms with Gasteiger partial charge in [-0.05, 0) is 0 Å². The predicted molar refractivity (Wildman–Crippen MR) is 49.0 cm³/mol. The van der Waals surface area contributed by atoms with Gasteiger partial charge in [-0.15, -0.1) is 0 Å². The van der Waals surface area contributed by atoms with Crippen molar-refractivity contribution in [2.75, 3.05) is 0 Å². The second kappa shape index (κ2) is 8.50. The zero-order chi connectivity index (χ0) is 11.0. The van der Waals surface area contributed by atoms with Crippen LogP contribution in [0, 0.1) is 0 Å². The topological polar surface area (TPSA) is 0 Å². The third kappa shape index (κ3) is 13.4. The Balaban J connectivity index is 3.07. The van der Waals surface area contributed by atoms with Crippen molar-refractivity contribution in [1.29, 1.82) is 0 Å². The van der Waals surface area contributed by atoms with Crippen molar-refractivity contribution in [3.63, 3.8) is 0 Å². The van der Waals surface area contributed by atoms with E-state index in [1.807, 2.05) is 0 Å². The van der Waals surface area contributed by atoms with Crippen LogP contribution in [0.5, 0.6) is 0 Å². The van der Waals surface area contributed by atoms with Crippen molar-refractivity contribution in [3.05, 3.63) is 0 Å². The molecule has 0 aromatic rings. The van der Waals surface area contributed by atoms with Gasteiger partial charge in [-0.2, -0.15) is 0 Å². The number of hydrogen-bond acceptors (Lipinski definition) is 0. The van der Waals surface area contributed by atoms with Gasteiger partial charge in [0.15, 0.2) is 0 Å². The predicted octanol–water partition coefficient (Wildman–Crippen LogP) is 3.74. The molecule has 80 valence electrons. The zero-order valence-corrected chi connectivity index (χ0v) is 11.7. The second-order valence-electron chi connectivity index (χ2n) is 3.70. The van der Waals surface area contributed by atoms with Crippen molar-refractivity contribution in [1.82, 2.24) is 0 Å². The molecular formula is C9H15F4K. The van der Waals surface area contributed by atoms with Gasteiger partial charge in [0.05, 0.1) is 0 Å². The van der Waals surface area contributed by atoms with E-state index in [0.717, 1.165) is 19.3 Å². The van der Waals surface area contributed by atoms with E-state index in [2.05, 4.69) is 0 Å². The molecule has 14 heavy (non-hydrogen) atoms. The van der Waals surface area contributed by atoms with Crippen molar-refractivity contribution >= 4 is 49.0 Å². The third-order valence-corrected chi connectivity index (χ3v) is 2.96. The van der Waals surface area contributed by atoms with Crippen LogP contribution in [0.3, 0.4) is 0 Å². The number of hydrogen-bond donors (Lipinski definition) is 0. The van der Waals surface area contributed by atoms with E-state index in [1.54, 1.807) is 0 Å². The van der Waals surface area contributed by atoms with E-state index in [0.29, 0.717) is 12.8 Å². The van der Waals surface area contributed by atoms with Crippen molar-refractivity contribution in [2.24, 2.45) is 0 Å². The summed E-state index contributed by atoms with van der Waals surface area (Å²) in [5.74, 6) is 0. The van der Waals surface area contributed by atoms with Crippen LogP contribution in [-0.4, -0.2) is 55.4 Å². The fraction of sp³-hybridized carbons (Fsp3) is 1.00. The molecule has 0 aliphatic carbocycles. The van der Waals surface area contributed by atoms with Crippen LogP contribution in [0.1, 0.15) is 44.9 Å². The zero-order valence-electron chi connectivity index (χ0n) is 8.54. The molecule has 0 bridgehead atoms. The summed E-state index contributed by atoms with van der Waals surface area (Å²) in [7, 11) is 0. The van der Waals surface area contributed by atoms with Crippen LogP contribution in [0.25, 0.3) is 0 Å². The Kier molecular flexibility index (Phi) is 9.33. The van der Waals surface area contributed by atoms with Crippen molar-refractivity contribution < 1.29 is 17.6 Å². The first-order valence-electron chi connectivity index (χ1n) is 5.12. The molecule has 0 saturated heterocycles. The number of rotatable bonds is 7. The van der Waals surface area contributed by atoms with Gasteiger partial charge in [0.2, 0.25) is 0 Å². The Morgan fingerprint density at radius 3 is 1.93 bits per heavy atom. The number of unbranched alkanes of at least 4 members (excludes halogenated alkanes) is 4. The molecule has 1 unspecified atom stereocenters. The summed E-state index contributed by atoms with van der Waals surface area (Å²) in [4.78, 5) is 0. The quantitative estimate of drug-likeness (QED) is 0.360. The Morgan fingerprint density at radius 2 is 1.43 bits per heavy atom. The van der Waals surface area contributed by atoms with Crippen molar-refractivity contribution in [3.8, 4) is 0 Å². The van der Waals surface area contributed by atoms with E-state index in [4.69, 9.17) is 0 Å². The van der Waals surface area contributed by atoms with E-state index >= 15 is 0 Å². The molecule has 0 heterocycles. The summed E-state index contributed by atoms with van der Waals surface area (Å²) in [5, 5.41) is 0. The molecule has 0 amide bonds. The second-order valence-corrected chi connectivity index (χ2v) is 5.66. The molecule has 0 nitrogen and oxygen atoms in total. The Morgan fingerprint density at radius 1 is 0.929 bits per heavy atom. The van der Waals surface area contributed by atoms with Crippen molar-refractivity contribution in [2.45, 2.75) is 51.4 Å². The van der Waals surface area contributed by atoms with Gasteiger partial charge >= 0.3 is 118 Å². The fourth-order valence-corrected chi connectivity index (χ4v) is 1.92.